The van der Waals surface area contributed by atoms with Gasteiger partial charge in [0.25, 0.3) is 11.2 Å². The van der Waals surface area contributed by atoms with Gasteiger partial charge in [-0.3, -0.25) is 24.3 Å². The van der Waals surface area contributed by atoms with E-state index in [2.05, 4.69) is 24.1 Å². The Hall–Kier alpha value is -3.69. The van der Waals surface area contributed by atoms with Gasteiger partial charge >= 0.3 is 0 Å². The Morgan fingerprint density at radius 2 is 1.86 bits per heavy atom. The van der Waals surface area contributed by atoms with E-state index in [9.17, 15) is 19.7 Å². The van der Waals surface area contributed by atoms with Crippen LogP contribution in [0.4, 0.5) is 11.4 Å². The van der Waals surface area contributed by atoms with Gasteiger partial charge in [-0.15, -0.1) is 0 Å². The van der Waals surface area contributed by atoms with Gasteiger partial charge in [-0.05, 0) is 41.8 Å². The lowest BCUT2D eigenvalue weighted by molar-refractivity contribution is -0.384. The summed E-state index contributed by atoms with van der Waals surface area (Å²) in [6.07, 6.45) is 0. The zero-order chi connectivity index (χ0) is 25.1. The van der Waals surface area contributed by atoms with Crippen LogP contribution >= 0.6 is 23.4 Å². The van der Waals surface area contributed by atoms with Crippen LogP contribution in [0.3, 0.4) is 0 Å². The molecular formula is C25H21ClN4O4S. The number of nitrogens with one attached hydrogen (secondary N) is 1. The lowest BCUT2D eigenvalue weighted by Gasteiger charge is -2.14. The lowest BCUT2D eigenvalue weighted by atomic mass is 10.0. The third-order valence-electron chi connectivity index (χ3n) is 5.33. The molecule has 0 unspecified atom stereocenters. The quantitative estimate of drug-likeness (QED) is 0.146. The molecule has 4 rings (SSSR count). The van der Waals surface area contributed by atoms with E-state index < -0.39 is 10.8 Å². The number of benzene rings is 3. The number of hydrogen-bond acceptors (Lipinski definition) is 6. The van der Waals surface area contributed by atoms with Crippen LogP contribution < -0.4 is 10.9 Å². The summed E-state index contributed by atoms with van der Waals surface area (Å²) in [4.78, 5) is 41.1. The van der Waals surface area contributed by atoms with Gasteiger partial charge in [0.2, 0.25) is 5.91 Å². The van der Waals surface area contributed by atoms with Crippen molar-refractivity contribution in [3.05, 3.63) is 97.8 Å². The molecule has 178 valence electrons. The van der Waals surface area contributed by atoms with E-state index >= 15 is 0 Å². The topological polar surface area (TPSA) is 107 Å². The summed E-state index contributed by atoms with van der Waals surface area (Å²) < 4.78 is 1.49. The van der Waals surface area contributed by atoms with Crippen LogP contribution in [0.5, 0.6) is 0 Å². The maximum Gasteiger partial charge on any atom is 0.271 e. The fraction of sp³-hybridized carbons (Fsp3) is 0.160. The van der Waals surface area contributed by atoms with Crippen LogP contribution in [0, 0.1) is 10.1 Å². The van der Waals surface area contributed by atoms with Gasteiger partial charge in [0.05, 0.1) is 38.0 Å². The Balaban J connectivity index is 1.65. The highest BCUT2D eigenvalue weighted by atomic mass is 35.5. The van der Waals surface area contributed by atoms with Crippen molar-refractivity contribution in [3.63, 3.8) is 0 Å². The molecule has 0 aliphatic rings. The Labute approximate surface area is 210 Å². The molecule has 0 atom stereocenters. The number of hydrogen-bond donors (Lipinski definition) is 1. The van der Waals surface area contributed by atoms with Gasteiger partial charge in [0, 0.05) is 12.1 Å². The predicted molar refractivity (Wildman–Crippen MR) is 139 cm³/mol. The molecule has 1 heterocycles. The molecule has 8 nitrogen and oxygen atoms in total. The van der Waals surface area contributed by atoms with Crippen LogP contribution in [-0.4, -0.2) is 26.1 Å². The average molecular weight is 509 g/mol. The number of non-ortho nitro benzene ring substituents is 1. The number of aromatic nitrogens is 2. The Morgan fingerprint density at radius 3 is 2.54 bits per heavy atom. The van der Waals surface area contributed by atoms with E-state index in [1.165, 1.54) is 22.8 Å². The van der Waals surface area contributed by atoms with Crippen molar-refractivity contribution in [3.8, 4) is 5.69 Å². The number of halogens is 1. The van der Waals surface area contributed by atoms with Crippen molar-refractivity contribution in [2.24, 2.45) is 0 Å². The number of thioether (sulfide) groups is 1. The molecule has 0 aliphatic heterocycles. The molecule has 0 saturated heterocycles. The summed E-state index contributed by atoms with van der Waals surface area (Å²) in [6.45, 7) is 4.18. The molecule has 0 fully saturated rings. The molecule has 3 aromatic carbocycles. The number of para-hydroxylation sites is 1. The SMILES string of the molecule is CC(C)c1ccc(-n2c(SCC(=O)Nc3cc([N+](=O)[O-])ccc3Cl)nc3ccccc3c2=O)cc1. The van der Waals surface area contributed by atoms with Gasteiger partial charge in [-0.1, -0.05) is 61.5 Å². The third-order valence-corrected chi connectivity index (χ3v) is 6.60. The molecule has 0 bridgehead atoms. The number of anilines is 1. The minimum Gasteiger partial charge on any atom is -0.324 e. The van der Waals surface area contributed by atoms with Crippen LogP contribution in [0.2, 0.25) is 5.02 Å². The number of amides is 1. The maximum atomic E-state index is 13.4. The molecular weight excluding hydrogens is 488 g/mol. The van der Waals surface area contributed by atoms with Crippen LogP contribution in [0.15, 0.2) is 76.7 Å². The number of nitro groups is 1. The molecule has 1 amide bonds. The second kappa shape index (κ2) is 10.3. The van der Waals surface area contributed by atoms with E-state index in [1.54, 1.807) is 24.3 Å². The molecule has 0 aliphatic carbocycles. The first-order valence-corrected chi connectivity index (χ1v) is 12.1. The fourth-order valence-electron chi connectivity index (χ4n) is 3.48. The summed E-state index contributed by atoms with van der Waals surface area (Å²) in [5.74, 6) is -0.191. The van der Waals surface area contributed by atoms with Crippen molar-refractivity contribution in [2.45, 2.75) is 24.9 Å². The first kappa shape index (κ1) is 24.4. The molecule has 35 heavy (non-hydrogen) atoms. The van der Waals surface area contributed by atoms with E-state index in [1.807, 2.05) is 24.3 Å². The fourth-order valence-corrected chi connectivity index (χ4v) is 4.46. The second-order valence-electron chi connectivity index (χ2n) is 8.06. The Bertz CT molecular complexity index is 1490. The van der Waals surface area contributed by atoms with E-state index in [0.717, 1.165) is 17.3 Å². The number of carbonyl (C=O) groups is 1. The first-order chi connectivity index (χ1) is 16.7. The summed E-state index contributed by atoms with van der Waals surface area (Å²) in [7, 11) is 0. The van der Waals surface area contributed by atoms with Crippen molar-refractivity contribution in [1.82, 2.24) is 9.55 Å². The van der Waals surface area contributed by atoms with Crippen molar-refractivity contribution in [1.29, 1.82) is 0 Å². The van der Waals surface area contributed by atoms with Gasteiger partial charge in [-0.2, -0.15) is 0 Å². The van der Waals surface area contributed by atoms with Gasteiger partial charge in [-0.25, -0.2) is 4.98 Å². The summed E-state index contributed by atoms with van der Waals surface area (Å²) in [5.41, 5.74) is 2.02. The maximum absolute atomic E-state index is 13.4. The minimum absolute atomic E-state index is 0.0894. The molecule has 0 saturated carbocycles. The molecule has 1 aromatic heterocycles. The van der Waals surface area contributed by atoms with Crippen molar-refractivity contribution in [2.75, 3.05) is 11.1 Å². The van der Waals surface area contributed by atoms with Crippen LogP contribution in [-0.2, 0) is 4.79 Å². The molecule has 1 N–H and O–H groups in total. The number of rotatable bonds is 7. The average Bonchev–Trinajstić information content (AvgIpc) is 2.84. The summed E-state index contributed by atoms with van der Waals surface area (Å²) in [5, 5.41) is 14.6. The first-order valence-electron chi connectivity index (χ1n) is 10.7. The monoisotopic (exact) mass is 508 g/mol. The molecule has 0 spiro atoms. The van der Waals surface area contributed by atoms with Gasteiger partial charge in [0.1, 0.15) is 0 Å². The number of carbonyl (C=O) groups excluding carboxylic acids is 1. The highest BCUT2D eigenvalue weighted by Crippen LogP contribution is 2.28. The van der Waals surface area contributed by atoms with Crippen LogP contribution in [0.1, 0.15) is 25.3 Å². The Morgan fingerprint density at radius 1 is 1.14 bits per heavy atom. The highest BCUT2D eigenvalue weighted by molar-refractivity contribution is 7.99. The van der Waals surface area contributed by atoms with E-state index in [0.29, 0.717) is 27.7 Å². The normalized spacial score (nSPS) is 11.1. The van der Waals surface area contributed by atoms with Crippen LogP contribution in [0.25, 0.3) is 16.6 Å². The third kappa shape index (κ3) is 5.36. The largest absolute Gasteiger partial charge is 0.324 e. The molecule has 4 aromatic rings. The lowest BCUT2D eigenvalue weighted by Crippen LogP contribution is -2.23. The zero-order valence-electron chi connectivity index (χ0n) is 18.9. The van der Waals surface area contributed by atoms with Gasteiger partial charge < -0.3 is 5.32 Å². The van der Waals surface area contributed by atoms with Crippen molar-refractivity contribution < 1.29 is 9.72 Å². The highest BCUT2D eigenvalue weighted by Gasteiger charge is 2.17. The summed E-state index contributed by atoms with van der Waals surface area (Å²) in [6, 6.07) is 18.5. The Kier molecular flexibility index (Phi) is 7.18. The van der Waals surface area contributed by atoms with Crippen molar-refractivity contribution >= 4 is 51.5 Å². The summed E-state index contributed by atoms with van der Waals surface area (Å²) >= 11 is 7.17. The number of nitro benzene ring substituents is 1. The smallest absolute Gasteiger partial charge is 0.271 e. The standard InChI is InChI=1S/C25H21ClN4O4S/c1-15(2)16-7-9-17(10-8-16)29-24(32)19-5-3-4-6-21(19)28-25(29)35-14-23(31)27-22-13-18(30(33)34)11-12-20(22)26/h3-13,15H,14H2,1-2H3,(H,27,31). The molecule has 10 heteroatoms. The van der Waals surface area contributed by atoms with Gasteiger partial charge in [0.15, 0.2) is 5.16 Å². The predicted octanol–water partition coefficient (Wildman–Crippen LogP) is 5.80. The minimum atomic E-state index is -0.566. The molecule has 0 radical (unpaired) electrons. The second-order valence-corrected chi connectivity index (χ2v) is 9.41. The number of fused-ring (bicyclic) bond motifs is 1. The van der Waals surface area contributed by atoms with E-state index in [4.69, 9.17) is 11.6 Å². The number of nitrogens with zero attached hydrogens (tertiary/aromatic N) is 3. The zero-order valence-corrected chi connectivity index (χ0v) is 20.5. The van der Waals surface area contributed by atoms with E-state index in [-0.39, 0.29) is 27.7 Å².